The van der Waals surface area contributed by atoms with Crippen molar-refractivity contribution in [2.24, 2.45) is 30.7 Å². The van der Waals surface area contributed by atoms with Gasteiger partial charge in [-0.2, -0.15) is 0 Å². The van der Waals surface area contributed by atoms with E-state index in [4.69, 9.17) is 0 Å². The lowest BCUT2D eigenvalue weighted by atomic mass is 9.69. The van der Waals surface area contributed by atoms with Crippen LogP contribution in [-0.4, -0.2) is 28.1 Å². The second kappa shape index (κ2) is 7.21. The SMILES string of the molecule is CCNCC1CCC(C(C)C)CC1Cc1cn(C)nn1. The van der Waals surface area contributed by atoms with E-state index in [0.717, 1.165) is 48.9 Å². The largest absolute Gasteiger partial charge is 0.317 e. The van der Waals surface area contributed by atoms with Crippen molar-refractivity contribution >= 4 is 0 Å². The molecule has 0 bridgehead atoms. The highest BCUT2D eigenvalue weighted by Gasteiger charge is 2.32. The Balaban J connectivity index is 2.00. The maximum absolute atomic E-state index is 4.29. The summed E-state index contributed by atoms with van der Waals surface area (Å²) in [5.74, 6) is 3.24. The van der Waals surface area contributed by atoms with Gasteiger partial charge < -0.3 is 5.32 Å². The second-order valence-electron chi connectivity index (χ2n) is 6.73. The fourth-order valence-corrected chi connectivity index (χ4v) is 3.57. The Morgan fingerprint density at radius 3 is 2.75 bits per heavy atom. The molecule has 0 aromatic carbocycles. The van der Waals surface area contributed by atoms with Gasteiger partial charge in [-0.05, 0) is 62.4 Å². The summed E-state index contributed by atoms with van der Waals surface area (Å²) in [6.45, 7) is 9.16. The van der Waals surface area contributed by atoms with Crippen LogP contribution in [0.4, 0.5) is 0 Å². The van der Waals surface area contributed by atoms with E-state index in [1.54, 1.807) is 0 Å². The first-order valence-corrected chi connectivity index (χ1v) is 8.16. The molecule has 0 aliphatic heterocycles. The van der Waals surface area contributed by atoms with E-state index in [-0.39, 0.29) is 0 Å². The number of aryl methyl sites for hydroxylation is 1. The van der Waals surface area contributed by atoms with Gasteiger partial charge in [0.15, 0.2) is 0 Å². The lowest BCUT2D eigenvalue weighted by Crippen LogP contribution is -2.35. The summed E-state index contributed by atoms with van der Waals surface area (Å²) in [6, 6.07) is 0. The molecule has 114 valence electrons. The van der Waals surface area contributed by atoms with E-state index in [1.807, 2.05) is 11.7 Å². The molecule has 1 aliphatic carbocycles. The maximum atomic E-state index is 4.29. The zero-order chi connectivity index (χ0) is 14.5. The Bertz CT molecular complexity index is 399. The number of nitrogens with one attached hydrogen (secondary N) is 1. The summed E-state index contributed by atoms with van der Waals surface area (Å²) >= 11 is 0. The van der Waals surface area contributed by atoms with Gasteiger partial charge in [0.1, 0.15) is 0 Å². The van der Waals surface area contributed by atoms with Crippen LogP contribution in [0.5, 0.6) is 0 Å². The lowest BCUT2D eigenvalue weighted by Gasteiger charge is -2.38. The molecule has 0 amide bonds. The summed E-state index contributed by atoms with van der Waals surface area (Å²) in [7, 11) is 1.95. The topological polar surface area (TPSA) is 42.7 Å². The van der Waals surface area contributed by atoms with Crippen molar-refractivity contribution in [3.63, 3.8) is 0 Å². The molecule has 0 spiro atoms. The highest BCUT2D eigenvalue weighted by Crippen LogP contribution is 2.38. The first-order valence-electron chi connectivity index (χ1n) is 8.16. The molecule has 0 radical (unpaired) electrons. The van der Waals surface area contributed by atoms with Crippen LogP contribution in [0.15, 0.2) is 6.20 Å². The Labute approximate surface area is 123 Å². The summed E-state index contributed by atoms with van der Waals surface area (Å²) in [5, 5.41) is 11.9. The number of aromatic nitrogens is 3. The molecule has 1 saturated carbocycles. The highest BCUT2D eigenvalue weighted by atomic mass is 15.4. The van der Waals surface area contributed by atoms with Crippen LogP contribution in [0.1, 0.15) is 45.7 Å². The van der Waals surface area contributed by atoms with E-state index < -0.39 is 0 Å². The molecule has 20 heavy (non-hydrogen) atoms. The van der Waals surface area contributed by atoms with Crippen molar-refractivity contribution in [1.29, 1.82) is 0 Å². The van der Waals surface area contributed by atoms with Crippen molar-refractivity contribution in [3.05, 3.63) is 11.9 Å². The smallest absolute Gasteiger partial charge is 0.0829 e. The van der Waals surface area contributed by atoms with Crippen molar-refractivity contribution in [1.82, 2.24) is 20.3 Å². The average Bonchev–Trinajstić information content (AvgIpc) is 2.82. The van der Waals surface area contributed by atoms with E-state index in [9.17, 15) is 0 Å². The van der Waals surface area contributed by atoms with Crippen LogP contribution in [0.25, 0.3) is 0 Å². The average molecular weight is 278 g/mol. The Hall–Kier alpha value is -0.900. The van der Waals surface area contributed by atoms with Gasteiger partial charge in [-0.15, -0.1) is 5.10 Å². The molecule has 0 saturated heterocycles. The Morgan fingerprint density at radius 1 is 1.35 bits per heavy atom. The van der Waals surface area contributed by atoms with Gasteiger partial charge in [0.2, 0.25) is 0 Å². The van der Waals surface area contributed by atoms with Crippen molar-refractivity contribution in [2.45, 2.75) is 46.5 Å². The third-order valence-electron chi connectivity index (χ3n) is 4.90. The molecule has 1 aromatic heterocycles. The van der Waals surface area contributed by atoms with E-state index in [1.165, 1.54) is 19.3 Å². The van der Waals surface area contributed by atoms with Crippen LogP contribution in [0.3, 0.4) is 0 Å². The van der Waals surface area contributed by atoms with Gasteiger partial charge in [-0.3, -0.25) is 4.68 Å². The lowest BCUT2D eigenvalue weighted by molar-refractivity contribution is 0.144. The standard InChI is InChI=1S/C16H30N4/c1-5-17-10-14-7-6-13(12(2)3)8-15(14)9-16-11-20(4)19-18-16/h11-15,17H,5-10H2,1-4H3. The van der Waals surface area contributed by atoms with Crippen molar-refractivity contribution in [3.8, 4) is 0 Å². The van der Waals surface area contributed by atoms with E-state index >= 15 is 0 Å². The molecule has 1 N–H and O–H groups in total. The zero-order valence-electron chi connectivity index (χ0n) is 13.5. The number of hydrogen-bond donors (Lipinski definition) is 1. The number of rotatable bonds is 6. The van der Waals surface area contributed by atoms with Crippen LogP contribution >= 0.6 is 0 Å². The van der Waals surface area contributed by atoms with Gasteiger partial charge in [-0.1, -0.05) is 26.0 Å². The first-order chi connectivity index (χ1) is 9.60. The first kappa shape index (κ1) is 15.5. The second-order valence-corrected chi connectivity index (χ2v) is 6.73. The summed E-state index contributed by atoms with van der Waals surface area (Å²) in [6.07, 6.45) is 7.27. The predicted molar refractivity (Wildman–Crippen MR) is 82.4 cm³/mol. The highest BCUT2D eigenvalue weighted by molar-refractivity contribution is 4.97. The van der Waals surface area contributed by atoms with Crippen LogP contribution < -0.4 is 5.32 Å². The predicted octanol–water partition coefficient (Wildman–Crippen LogP) is 2.66. The monoisotopic (exact) mass is 278 g/mol. The van der Waals surface area contributed by atoms with Crippen molar-refractivity contribution < 1.29 is 0 Å². The normalized spacial score (nSPS) is 27.1. The number of hydrogen-bond acceptors (Lipinski definition) is 3. The van der Waals surface area contributed by atoms with Gasteiger partial charge in [0, 0.05) is 13.2 Å². The molecule has 4 heteroatoms. The van der Waals surface area contributed by atoms with Crippen LogP contribution in [0.2, 0.25) is 0 Å². The van der Waals surface area contributed by atoms with Crippen molar-refractivity contribution in [2.75, 3.05) is 13.1 Å². The molecule has 3 unspecified atom stereocenters. The summed E-state index contributed by atoms with van der Waals surface area (Å²) < 4.78 is 1.82. The number of nitrogens with zero attached hydrogens (tertiary/aromatic N) is 3. The summed E-state index contributed by atoms with van der Waals surface area (Å²) in [4.78, 5) is 0. The summed E-state index contributed by atoms with van der Waals surface area (Å²) in [5.41, 5.74) is 1.16. The van der Waals surface area contributed by atoms with Gasteiger partial charge in [-0.25, -0.2) is 0 Å². The Kier molecular flexibility index (Phi) is 5.58. The minimum Gasteiger partial charge on any atom is -0.317 e. The van der Waals surface area contributed by atoms with E-state index in [2.05, 4.69) is 42.6 Å². The maximum Gasteiger partial charge on any atom is 0.0829 e. The Morgan fingerprint density at radius 2 is 2.15 bits per heavy atom. The molecule has 2 rings (SSSR count). The van der Waals surface area contributed by atoms with Crippen LogP contribution in [-0.2, 0) is 13.5 Å². The minimum atomic E-state index is 0.756. The molecule has 4 nitrogen and oxygen atoms in total. The molecular weight excluding hydrogens is 248 g/mol. The molecule has 1 fully saturated rings. The molecule has 1 aromatic rings. The molecule has 1 heterocycles. The van der Waals surface area contributed by atoms with Gasteiger partial charge >= 0.3 is 0 Å². The van der Waals surface area contributed by atoms with E-state index in [0.29, 0.717) is 0 Å². The van der Waals surface area contributed by atoms with Crippen LogP contribution in [0, 0.1) is 23.7 Å². The van der Waals surface area contributed by atoms with Gasteiger partial charge in [0.25, 0.3) is 0 Å². The van der Waals surface area contributed by atoms with Gasteiger partial charge in [0.05, 0.1) is 5.69 Å². The molecular formula is C16H30N4. The fraction of sp³-hybridized carbons (Fsp3) is 0.875. The third-order valence-corrected chi connectivity index (χ3v) is 4.90. The third kappa shape index (κ3) is 4.05. The zero-order valence-corrected chi connectivity index (χ0v) is 13.5. The minimum absolute atomic E-state index is 0.756. The quantitative estimate of drug-likeness (QED) is 0.870. The molecule has 1 aliphatic rings. The fourth-order valence-electron chi connectivity index (χ4n) is 3.57. The molecule has 3 atom stereocenters.